The van der Waals surface area contributed by atoms with Crippen LogP contribution in [-0.4, -0.2) is 28.0 Å². The van der Waals surface area contributed by atoms with Gasteiger partial charge in [-0.2, -0.15) is 0 Å². The minimum atomic E-state index is -3.79. The van der Waals surface area contributed by atoms with Crippen molar-refractivity contribution in [1.29, 1.82) is 0 Å². The van der Waals surface area contributed by atoms with E-state index in [0.29, 0.717) is 12.4 Å². The number of nitrogens with one attached hydrogen (secondary N) is 2. The van der Waals surface area contributed by atoms with Crippen LogP contribution in [0, 0.1) is 0 Å². The molecule has 0 unspecified atom stereocenters. The van der Waals surface area contributed by atoms with Gasteiger partial charge >= 0.3 is 0 Å². The molecule has 0 aliphatic carbocycles. The fraction of sp³-hybridized carbons (Fsp3) is 0.188. The smallest absolute Gasteiger partial charge is 0.261 e. The van der Waals surface area contributed by atoms with Gasteiger partial charge in [-0.1, -0.05) is 12.1 Å². The van der Waals surface area contributed by atoms with Crippen molar-refractivity contribution < 1.29 is 17.9 Å². The summed E-state index contributed by atoms with van der Waals surface area (Å²) in [6.07, 6.45) is 0. The molecule has 2 aromatic rings. The molecular formula is C16H18N2O4S. The van der Waals surface area contributed by atoms with Crippen molar-refractivity contribution in [2.24, 2.45) is 0 Å². The first kappa shape index (κ1) is 16.8. The molecule has 0 saturated carbocycles. The number of hydrogen-bond acceptors (Lipinski definition) is 4. The molecule has 0 atom stereocenters. The molecule has 0 aliphatic heterocycles. The summed E-state index contributed by atoms with van der Waals surface area (Å²) < 4.78 is 32.6. The molecular weight excluding hydrogens is 316 g/mol. The van der Waals surface area contributed by atoms with Crippen LogP contribution in [0.5, 0.6) is 5.75 Å². The van der Waals surface area contributed by atoms with E-state index in [1.165, 1.54) is 25.2 Å². The highest BCUT2D eigenvalue weighted by atomic mass is 32.2. The number of carbonyl (C=O) groups is 1. The predicted molar refractivity (Wildman–Crippen MR) is 88.3 cm³/mol. The van der Waals surface area contributed by atoms with Gasteiger partial charge in [-0.3, -0.25) is 9.52 Å². The lowest BCUT2D eigenvalue weighted by molar-refractivity contribution is 0.0964. The van der Waals surface area contributed by atoms with Gasteiger partial charge in [-0.05, 0) is 43.3 Å². The molecule has 0 radical (unpaired) electrons. The lowest BCUT2D eigenvalue weighted by Gasteiger charge is -2.12. The van der Waals surface area contributed by atoms with Crippen LogP contribution >= 0.6 is 0 Å². The normalized spacial score (nSPS) is 10.9. The van der Waals surface area contributed by atoms with Crippen molar-refractivity contribution in [3.05, 3.63) is 54.1 Å². The van der Waals surface area contributed by atoms with Gasteiger partial charge in [0.25, 0.3) is 15.9 Å². The molecule has 0 saturated heterocycles. The maximum atomic E-state index is 12.5. The van der Waals surface area contributed by atoms with E-state index in [1.54, 1.807) is 30.3 Å². The van der Waals surface area contributed by atoms with Crippen LogP contribution in [0.1, 0.15) is 17.3 Å². The van der Waals surface area contributed by atoms with Crippen LogP contribution in [0.3, 0.4) is 0 Å². The molecule has 23 heavy (non-hydrogen) atoms. The lowest BCUT2D eigenvalue weighted by atomic mass is 10.2. The zero-order valence-electron chi connectivity index (χ0n) is 12.9. The van der Waals surface area contributed by atoms with Crippen molar-refractivity contribution in [2.75, 3.05) is 18.4 Å². The van der Waals surface area contributed by atoms with Gasteiger partial charge < -0.3 is 10.1 Å². The first-order chi connectivity index (χ1) is 11.0. The molecule has 2 N–H and O–H groups in total. The van der Waals surface area contributed by atoms with E-state index in [9.17, 15) is 13.2 Å². The van der Waals surface area contributed by atoms with Crippen molar-refractivity contribution in [2.45, 2.75) is 11.8 Å². The second-order valence-corrected chi connectivity index (χ2v) is 6.32. The summed E-state index contributed by atoms with van der Waals surface area (Å²) in [6, 6.07) is 12.5. The third-order valence-corrected chi connectivity index (χ3v) is 4.47. The van der Waals surface area contributed by atoms with Crippen LogP contribution in [0.15, 0.2) is 53.4 Å². The van der Waals surface area contributed by atoms with Gasteiger partial charge in [0.2, 0.25) is 0 Å². The average molecular weight is 334 g/mol. The van der Waals surface area contributed by atoms with Gasteiger partial charge in [0, 0.05) is 7.05 Å². The predicted octanol–water partition coefficient (Wildman–Crippen LogP) is 2.25. The minimum Gasteiger partial charge on any atom is -0.494 e. The number of para-hydroxylation sites is 1. The molecule has 7 heteroatoms. The summed E-state index contributed by atoms with van der Waals surface area (Å²) in [7, 11) is -2.31. The van der Waals surface area contributed by atoms with E-state index >= 15 is 0 Å². The molecule has 0 bridgehead atoms. The molecule has 0 fully saturated rings. The van der Waals surface area contributed by atoms with Crippen LogP contribution in [0.25, 0.3) is 0 Å². The molecule has 0 aliphatic rings. The van der Waals surface area contributed by atoms with Gasteiger partial charge in [0.1, 0.15) is 5.75 Å². The van der Waals surface area contributed by atoms with Crippen molar-refractivity contribution in [3.8, 4) is 5.75 Å². The largest absolute Gasteiger partial charge is 0.494 e. The second kappa shape index (κ2) is 7.15. The minimum absolute atomic E-state index is 0.0904. The third-order valence-electron chi connectivity index (χ3n) is 3.09. The van der Waals surface area contributed by atoms with E-state index in [-0.39, 0.29) is 22.1 Å². The zero-order valence-corrected chi connectivity index (χ0v) is 13.7. The highest BCUT2D eigenvalue weighted by molar-refractivity contribution is 7.92. The molecule has 2 aromatic carbocycles. The van der Waals surface area contributed by atoms with Crippen LogP contribution in [-0.2, 0) is 10.0 Å². The molecule has 0 heterocycles. The summed E-state index contributed by atoms with van der Waals surface area (Å²) in [6.45, 7) is 2.35. The number of amides is 1. The molecule has 6 nitrogen and oxygen atoms in total. The highest BCUT2D eigenvalue weighted by Gasteiger charge is 2.18. The van der Waals surface area contributed by atoms with Gasteiger partial charge in [0.05, 0.1) is 22.8 Å². The molecule has 2 rings (SSSR count). The summed E-state index contributed by atoms with van der Waals surface area (Å²) >= 11 is 0. The van der Waals surface area contributed by atoms with E-state index in [2.05, 4.69) is 10.0 Å². The first-order valence-electron chi connectivity index (χ1n) is 7.04. The van der Waals surface area contributed by atoms with E-state index in [0.717, 1.165) is 0 Å². The fourth-order valence-electron chi connectivity index (χ4n) is 1.99. The van der Waals surface area contributed by atoms with E-state index < -0.39 is 10.0 Å². The zero-order chi connectivity index (χ0) is 16.9. The number of sulfonamides is 1. The van der Waals surface area contributed by atoms with Crippen molar-refractivity contribution in [1.82, 2.24) is 5.32 Å². The topological polar surface area (TPSA) is 84.5 Å². The average Bonchev–Trinajstić information content (AvgIpc) is 2.55. The summed E-state index contributed by atoms with van der Waals surface area (Å²) in [5, 5.41) is 2.48. The molecule has 0 aromatic heterocycles. The second-order valence-electron chi connectivity index (χ2n) is 4.63. The number of rotatable bonds is 6. The SMILES string of the molecule is CCOc1ccc(S(=O)(=O)Nc2ccccc2C(=O)NC)cc1. The maximum absolute atomic E-state index is 12.5. The maximum Gasteiger partial charge on any atom is 0.261 e. The van der Waals surface area contributed by atoms with Crippen LogP contribution < -0.4 is 14.8 Å². The quantitative estimate of drug-likeness (QED) is 0.848. The molecule has 0 spiro atoms. The summed E-state index contributed by atoms with van der Waals surface area (Å²) in [4.78, 5) is 11.9. The number of benzene rings is 2. The first-order valence-corrected chi connectivity index (χ1v) is 8.53. The Morgan fingerprint density at radius 3 is 2.35 bits per heavy atom. The fourth-order valence-corrected chi connectivity index (χ4v) is 3.07. The summed E-state index contributed by atoms with van der Waals surface area (Å²) in [5.41, 5.74) is 0.477. The Morgan fingerprint density at radius 2 is 1.74 bits per heavy atom. The standard InChI is InChI=1S/C16H18N2O4S/c1-3-22-12-8-10-13(11-9-12)23(20,21)18-15-7-5-4-6-14(15)16(19)17-2/h4-11,18H,3H2,1-2H3,(H,17,19). The Kier molecular flexibility index (Phi) is 5.23. The molecule has 1 amide bonds. The molecule has 122 valence electrons. The lowest BCUT2D eigenvalue weighted by Crippen LogP contribution is -2.21. The van der Waals surface area contributed by atoms with Crippen LogP contribution in [0.4, 0.5) is 5.69 Å². The van der Waals surface area contributed by atoms with Gasteiger partial charge in [-0.25, -0.2) is 8.42 Å². The Balaban J connectivity index is 2.30. The van der Waals surface area contributed by atoms with Gasteiger partial charge in [-0.15, -0.1) is 0 Å². The number of anilines is 1. The van der Waals surface area contributed by atoms with E-state index in [4.69, 9.17) is 4.74 Å². The Labute approximate surface area is 135 Å². The Bertz CT molecular complexity index is 786. The Morgan fingerprint density at radius 1 is 1.09 bits per heavy atom. The van der Waals surface area contributed by atoms with Crippen LogP contribution in [0.2, 0.25) is 0 Å². The van der Waals surface area contributed by atoms with Crippen molar-refractivity contribution in [3.63, 3.8) is 0 Å². The monoisotopic (exact) mass is 334 g/mol. The van der Waals surface area contributed by atoms with Gasteiger partial charge in [0.15, 0.2) is 0 Å². The summed E-state index contributed by atoms with van der Waals surface area (Å²) in [5.74, 6) is 0.229. The number of carbonyl (C=O) groups excluding carboxylic acids is 1. The Hall–Kier alpha value is -2.54. The third kappa shape index (κ3) is 4.01. The number of hydrogen-bond donors (Lipinski definition) is 2. The van der Waals surface area contributed by atoms with Crippen molar-refractivity contribution >= 4 is 21.6 Å². The number of ether oxygens (including phenoxy) is 1. The highest BCUT2D eigenvalue weighted by Crippen LogP contribution is 2.21. The van der Waals surface area contributed by atoms with E-state index in [1.807, 2.05) is 6.92 Å².